The van der Waals surface area contributed by atoms with Crippen molar-refractivity contribution in [3.8, 4) is 0 Å². The number of halogens is 1. The highest BCUT2D eigenvalue weighted by atomic mass is 79.9. The first-order valence-electron chi connectivity index (χ1n) is 9.39. The SMILES string of the molecule is Cc1ccc(C(=O)N2CCN(Cc3cnc4c(C(=O)O)cc(Br)cn34)CC2)cc1. The number of hydrogen-bond acceptors (Lipinski definition) is 4. The molecule has 4 rings (SSSR count). The molecule has 0 atom stereocenters. The van der Waals surface area contributed by atoms with Crippen molar-refractivity contribution in [3.05, 3.63) is 69.6 Å². The summed E-state index contributed by atoms with van der Waals surface area (Å²) in [5.41, 5.74) is 3.37. The van der Waals surface area contributed by atoms with Crippen LogP contribution in [0, 0.1) is 6.92 Å². The molecule has 29 heavy (non-hydrogen) atoms. The average Bonchev–Trinajstić information content (AvgIpc) is 3.10. The van der Waals surface area contributed by atoms with E-state index in [4.69, 9.17) is 0 Å². The summed E-state index contributed by atoms with van der Waals surface area (Å²) < 4.78 is 2.51. The minimum absolute atomic E-state index is 0.0643. The highest BCUT2D eigenvalue weighted by Crippen LogP contribution is 2.20. The maximum atomic E-state index is 12.7. The van der Waals surface area contributed by atoms with Crippen molar-refractivity contribution in [2.45, 2.75) is 13.5 Å². The van der Waals surface area contributed by atoms with Crippen LogP contribution in [0.25, 0.3) is 5.65 Å². The fraction of sp³-hybridized carbons (Fsp3) is 0.286. The number of carbonyl (C=O) groups is 2. The van der Waals surface area contributed by atoms with Crippen LogP contribution in [-0.2, 0) is 6.54 Å². The van der Waals surface area contributed by atoms with Crippen LogP contribution in [0.1, 0.15) is 32.0 Å². The van der Waals surface area contributed by atoms with E-state index in [-0.39, 0.29) is 11.5 Å². The lowest BCUT2D eigenvalue weighted by Gasteiger charge is -2.34. The zero-order valence-electron chi connectivity index (χ0n) is 16.0. The quantitative estimate of drug-likeness (QED) is 0.652. The molecule has 1 N–H and O–H groups in total. The zero-order valence-corrected chi connectivity index (χ0v) is 17.6. The summed E-state index contributed by atoms with van der Waals surface area (Å²) in [6, 6.07) is 9.22. The lowest BCUT2D eigenvalue weighted by Crippen LogP contribution is -2.48. The van der Waals surface area contributed by atoms with Gasteiger partial charge in [0.05, 0.1) is 11.9 Å². The molecule has 0 saturated carbocycles. The van der Waals surface area contributed by atoms with Gasteiger partial charge in [0.2, 0.25) is 0 Å². The number of fused-ring (bicyclic) bond motifs is 1. The summed E-state index contributed by atoms with van der Waals surface area (Å²) in [5.74, 6) is -0.939. The van der Waals surface area contributed by atoms with E-state index in [1.807, 2.05) is 46.7 Å². The molecule has 0 bridgehead atoms. The van der Waals surface area contributed by atoms with Crippen molar-refractivity contribution in [1.82, 2.24) is 19.2 Å². The fourth-order valence-corrected chi connectivity index (χ4v) is 4.03. The van der Waals surface area contributed by atoms with Gasteiger partial charge in [0.25, 0.3) is 5.91 Å². The first kappa shape index (κ1) is 19.6. The Morgan fingerprint density at radius 2 is 1.83 bits per heavy atom. The summed E-state index contributed by atoms with van der Waals surface area (Å²) >= 11 is 3.38. The van der Waals surface area contributed by atoms with E-state index in [9.17, 15) is 14.7 Å². The van der Waals surface area contributed by atoms with Gasteiger partial charge >= 0.3 is 5.97 Å². The van der Waals surface area contributed by atoms with E-state index >= 15 is 0 Å². The summed E-state index contributed by atoms with van der Waals surface area (Å²) in [4.78, 5) is 32.6. The van der Waals surface area contributed by atoms with Crippen LogP contribution >= 0.6 is 15.9 Å². The number of pyridine rings is 1. The number of carboxylic acids is 1. The van der Waals surface area contributed by atoms with Crippen molar-refractivity contribution < 1.29 is 14.7 Å². The molecule has 1 amide bonds. The molecule has 1 aromatic carbocycles. The fourth-order valence-electron chi connectivity index (χ4n) is 3.59. The van der Waals surface area contributed by atoms with Gasteiger partial charge in [-0.15, -0.1) is 0 Å². The molecule has 1 aliphatic rings. The second kappa shape index (κ2) is 7.96. The number of aromatic carboxylic acids is 1. The molecule has 150 valence electrons. The Kier molecular flexibility index (Phi) is 5.38. The predicted molar refractivity (Wildman–Crippen MR) is 112 cm³/mol. The molecule has 0 aliphatic carbocycles. The molecule has 1 fully saturated rings. The molecule has 7 nitrogen and oxygen atoms in total. The Bertz CT molecular complexity index is 1070. The van der Waals surface area contributed by atoms with E-state index in [0.717, 1.165) is 29.9 Å². The first-order chi connectivity index (χ1) is 13.9. The smallest absolute Gasteiger partial charge is 0.339 e. The standard InChI is InChI=1S/C21H21BrN4O3/c1-14-2-4-15(5-3-14)20(27)25-8-6-24(7-9-25)13-17-11-23-19-18(21(28)29)10-16(22)12-26(17)19/h2-5,10-12H,6-9,13H2,1H3,(H,28,29). The van der Waals surface area contributed by atoms with E-state index in [1.54, 1.807) is 12.3 Å². The third-order valence-corrected chi connectivity index (χ3v) is 5.66. The molecule has 3 heterocycles. The second-order valence-corrected chi connectivity index (χ2v) is 8.17. The van der Waals surface area contributed by atoms with Crippen molar-refractivity contribution in [2.75, 3.05) is 26.2 Å². The average molecular weight is 457 g/mol. The minimum Gasteiger partial charge on any atom is -0.478 e. The number of carbonyl (C=O) groups excluding carboxylic acids is 1. The Morgan fingerprint density at radius 3 is 2.48 bits per heavy atom. The van der Waals surface area contributed by atoms with Gasteiger partial charge in [-0.05, 0) is 41.1 Å². The Morgan fingerprint density at radius 1 is 1.14 bits per heavy atom. The van der Waals surface area contributed by atoms with Crippen LogP contribution in [0.15, 0.2) is 47.2 Å². The topological polar surface area (TPSA) is 78.2 Å². The van der Waals surface area contributed by atoms with Gasteiger partial charge in [0.15, 0.2) is 5.65 Å². The second-order valence-electron chi connectivity index (χ2n) is 7.25. The maximum Gasteiger partial charge on any atom is 0.339 e. The number of carboxylic acid groups (broad SMARTS) is 1. The van der Waals surface area contributed by atoms with Crippen molar-refractivity contribution in [1.29, 1.82) is 0 Å². The van der Waals surface area contributed by atoms with Crippen LogP contribution in [-0.4, -0.2) is 62.3 Å². The number of aromatic nitrogens is 2. The van der Waals surface area contributed by atoms with Gasteiger partial charge in [-0.25, -0.2) is 9.78 Å². The van der Waals surface area contributed by atoms with Gasteiger partial charge in [-0.2, -0.15) is 0 Å². The predicted octanol–water partition coefficient (Wildman–Crippen LogP) is 3.06. The van der Waals surface area contributed by atoms with Crippen LogP contribution in [0.4, 0.5) is 0 Å². The lowest BCUT2D eigenvalue weighted by atomic mass is 10.1. The third kappa shape index (κ3) is 4.04. The Balaban J connectivity index is 1.44. The van der Waals surface area contributed by atoms with E-state index < -0.39 is 5.97 Å². The van der Waals surface area contributed by atoms with Gasteiger partial charge in [-0.1, -0.05) is 17.7 Å². The van der Waals surface area contributed by atoms with Crippen LogP contribution in [0.3, 0.4) is 0 Å². The van der Waals surface area contributed by atoms with Crippen LogP contribution in [0.2, 0.25) is 0 Å². The van der Waals surface area contributed by atoms with Crippen LogP contribution in [0.5, 0.6) is 0 Å². The Labute approximate surface area is 176 Å². The highest BCUT2D eigenvalue weighted by molar-refractivity contribution is 9.10. The summed E-state index contributed by atoms with van der Waals surface area (Å²) in [5, 5.41) is 9.41. The molecule has 2 aromatic heterocycles. The molecule has 1 saturated heterocycles. The monoisotopic (exact) mass is 456 g/mol. The van der Waals surface area contributed by atoms with E-state index in [2.05, 4.69) is 25.8 Å². The third-order valence-electron chi connectivity index (χ3n) is 5.22. The number of imidazole rings is 1. The van der Waals surface area contributed by atoms with Gasteiger partial charge in [0.1, 0.15) is 5.56 Å². The minimum atomic E-state index is -1.00. The van der Waals surface area contributed by atoms with Crippen molar-refractivity contribution >= 4 is 33.5 Å². The molecule has 0 spiro atoms. The van der Waals surface area contributed by atoms with Gasteiger partial charge < -0.3 is 14.4 Å². The summed E-state index contributed by atoms with van der Waals surface area (Å²) in [7, 11) is 0. The number of rotatable bonds is 4. The van der Waals surface area contributed by atoms with Crippen LogP contribution < -0.4 is 0 Å². The zero-order chi connectivity index (χ0) is 20.5. The maximum absolute atomic E-state index is 12.7. The Hall–Kier alpha value is -2.71. The molecular weight excluding hydrogens is 436 g/mol. The molecule has 1 aliphatic heterocycles. The van der Waals surface area contributed by atoms with Gasteiger partial charge in [0, 0.05) is 49.0 Å². The number of piperazine rings is 1. The van der Waals surface area contributed by atoms with Crippen molar-refractivity contribution in [3.63, 3.8) is 0 Å². The number of hydrogen-bond donors (Lipinski definition) is 1. The number of amides is 1. The number of aryl methyl sites for hydroxylation is 1. The molecular formula is C21H21BrN4O3. The first-order valence-corrected chi connectivity index (χ1v) is 10.2. The lowest BCUT2D eigenvalue weighted by molar-refractivity contribution is 0.0626. The number of benzene rings is 1. The summed E-state index contributed by atoms with van der Waals surface area (Å²) in [6.07, 6.45) is 3.55. The van der Waals surface area contributed by atoms with E-state index in [1.165, 1.54) is 0 Å². The van der Waals surface area contributed by atoms with E-state index in [0.29, 0.717) is 29.8 Å². The largest absolute Gasteiger partial charge is 0.478 e. The molecule has 3 aromatic rings. The van der Waals surface area contributed by atoms with Gasteiger partial charge in [-0.3, -0.25) is 9.69 Å². The molecule has 0 unspecified atom stereocenters. The summed E-state index contributed by atoms with van der Waals surface area (Å²) in [6.45, 7) is 5.48. The van der Waals surface area contributed by atoms with Crippen molar-refractivity contribution in [2.24, 2.45) is 0 Å². The number of nitrogens with zero attached hydrogens (tertiary/aromatic N) is 4. The molecule has 8 heteroatoms. The molecule has 0 radical (unpaired) electrons. The highest BCUT2D eigenvalue weighted by Gasteiger charge is 2.23. The normalized spacial score (nSPS) is 15.0.